The van der Waals surface area contributed by atoms with Crippen molar-refractivity contribution in [2.24, 2.45) is 0 Å². The maximum atomic E-state index is 13.4. The van der Waals surface area contributed by atoms with E-state index in [0.717, 1.165) is 40.9 Å². The van der Waals surface area contributed by atoms with Crippen LogP contribution in [0.3, 0.4) is 0 Å². The number of amides is 1. The molecule has 1 aliphatic rings. The average Bonchev–Trinajstić information content (AvgIpc) is 3.52. The molecular weight excluding hydrogens is 613 g/mol. The van der Waals surface area contributed by atoms with Crippen LogP contribution < -0.4 is 4.90 Å². The Bertz CT molecular complexity index is 1870. The van der Waals surface area contributed by atoms with Crippen molar-refractivity contribution in [2.75, 3.05) is 4.90 Å². The van der Waals surface area contributed by atoms with Crippen molar-refractivity contribution in [1.29, 1.82) is 0 Å². The zero-order valence-electron chi connectivity index (χ0n) is 20.8. The van der Waals surface area contributed by atoms with Crippen LogP contribution in [0.15, 0.2) is 87.6 Å². The number of Topliss-reactive ketones (excluding diaryl/α,β-unsaturated/α-hetero) is 1. The highest BCUT2D eigenvalue weighted by molar-refractivity contribution is 7.93. The molecule has 14 heteroatoms. The Labute approximate surface area is 247 Å². The number of ketones is 1. The minimum absolute atomic E-state index is 0.0967. The molecule has 10 nitrogen and oxygen atoms in total. The molecule has 1 aromatic heterocycles. The lowest BCUT2D eigenvalue weighted by atomic mass is 9.95. The molecule has 5 rings (SSSR count). The third-order valence-electron chi connectivity index (χ3n) is 6.33. The number of nitro groups is 1. The molecule has 0 aliphatic carbocycles. The lowest BCUT2D eigenvalue weighted by molar-refractivity contribution is -0.384. The van der Waals surface area contributed by atoms with Crippen LogP contribution in [0.5, 0.6) is 0 Å². The van der Waals surface area contributed by atoms with Crippen molar-refractivity contribution >= 4 is 72.6 Å². The first kappa shape index (κ1) is 28.4. The van der Waals surface area contributed by atoms with Crippen molar-refractivity contribution in [1.82, 2.24) is 4.98 Å². The maximum absolute atomic E-state index is 13.4. The van der Waals surface area contributed by atoms with Crippen LogP contribution in [0.1, 0.15) is 22.7 Å². The molecule has 0 bridgehead atoms. The highest BCUT2D eigenvalue weighted by Gasteiger charge is 2.49. The summed E-state index contributed by atoms with van der Waals surface area (Å²) in [5.41, 5.74) is 0.885. The van der Waals surface area contributed by atoms with Gasteiger partial charge in [-0.15, -0.1) is 0 Å². The lowest BCUT2D eigenvalue weighted by Crippen LogP contribution is -2.29. The van der Waals surface area contributed by atoms with Gasteiger partial charge >= 0.3 is 5.91 Å². The Morgan fingerprint density at radius 3 is 2.32 bits per heavy atom. The number of carbonyl (C=O) groups is 2. The minimum atomic E-state index is -4.19. The van der Waals surface area contributed by atoms with Gasteiger partial charge in [-0.05, 0) is 36.8 Å². The third kappa shape index (κ3) is 5.10. The SMILES string of the molecule is Cc1ccc(C(O)=C2C(=O)C(=O)N(c3ncc(S(=O)(=O)c4ccc([N+](=O)[O-])cc4)s3)[C@H]2c2ccc(Cl)cc2Cl)cc1. The van der Waals surface area contributed by atoms with Gasteiger partial charge in [0.1, 0.15) is 9.97 Å². The predicted octanol–water partition coefficient (Wildman–Crippen LogP) is 6.13. The van der Waals surface area contributed by atoms with Gasteiger partial charge in [0.05, 0.1) is 27.6 Å². The van der Waals surface area contributed by atoms with Crippen molar-refractivity contribution < 1.29 is 28.0 Å². The number of nitro benzene ring substituents is 1. The summed E-state index contributed by atoms with van der Waals surface area (Å²) < 4.78 is 26.2. The first-order chi connectivity index (χ1) is 19.4. The van der Waals surface area contributed by atoms with Crippen LogP contribution in [0.25, 0.3) is 5.76 Å². The Morgan fingerprint density at radius 2 is 1.71 bits per heavy atom. The molecule has 208 valence electrons. The van der Waals surface area contributed by atoms with Crippen LogP contribution in [0, 0.1) is 17.0 Å². The standard InChI is InChI=1S/C27H17Cl2N3O7S2/c1-14-2-4-15(5-3-14)24(33)22-23(19-11-6-16(28)12-20(19)29)31(26(35)25(22)34)27-30-13-21(40-27)41(38,39)18-9-7-17(8-10-18)32(36)37/h2-13,23,33H,1H3/t23-/m0/s1. The number of aliphatic hydroxyl groups is 1. The van der Waals surface area contributed by atoms with E-state index >= 15 is 0 Å². The second-order valence-electron chi connectivity index (χ2n) is 8.92. The molecule has 1 amide bonds. The number of rotatable bonds is 6. The zero-order chi connectivity index (χ0) is 29.6. The second-order valence-corrected chi connectivity index (χ2v) is 12.9. The van der Waals surface area contributed by atoms with Gasteiger partial charge < -0.3 is 5.11 Å². The summed E-state index contributed by atoms with van der Waals surface area (Å²) in [5, 5.41) is 22.4. The van der Waals surface area contributed by atoms with Gasteiger partial charge in [0.2, 0.25) is 9.84 Å². The van der Waals surface area contributed by atoms with Crippen LogP contribution in [-0.4, -0.2) is 35.1 Å². The van der Waals surface area contributed by atoms with Gasteiger partial charge in [0.25, 0.3) is 11.5 Å². The van der Waals surface area contributed by atoms with Crippen molar-refractivity contribution in [3.8, 4) is 0 Å². The topological polar surface area (TPSA) is 148 Å². The smallest absolute Gasteiger partial charge is 0.301 e. The fraction of sp³-hybridized carbons (Fsp3) is 0.0741. The van der Waals surface area contributed by atoms with E-state index in [4.69, 9.17) is 23.2 Å². The molecule has 0 spiro atoms. The number of aromatic nitrogens is 1. The fourth-order valence-electron chi connectivity index (χ4n) is 4.26. The van der Waals surface area contributed by atoms with Gasteiger partial charge in [-0.1, -0.05) is 70.4 Å². The predicted molar refractivity (Wildman–Crippen MR) is 153 cm³/mol. The summed E-state index contributed by atoms with van der Waals surface area (Å²) in [7, 11) is -4.19. The molecule has 2 heterocycles. The third-order valence-corrected chi connectivity index (χ3v) is 10.1. The Balaban J connectivity index is 1.65. The Morgan fingerprint density at radius 1 is 1.05 bits per heavy atom. The number of nitrogens with zero attached hydrogens (tertiary/aromatic N) is 3. The fourth-order valence-corrected chi connectivity index (χ4v) is 7.32. The second kappa shape index (κ2) is 10.7. The van der Waals surface area contributed by atoms with Crippen LogP contribution >= 0.6 is 34.5 Å². The van der Waals surface area contributed by atoms with Crippen LogP contribution in [-0.2, 0) is 19.4 Å². The first-order valence-corrected chi connectivity index (χ1v) is 14.7. The van der Waals surface area contributed by atoms with Crippen molar-refractivity contribution in [3.63, 3.8) is 0 Å². The number of non-ortho nitro benzene ring substituents is 1. The molecule has 1 aliphatic heterocycles. The molecular formula is C27H17Cl2N3O7S2. The summed E-state index contributed by atoms with van der Waals surface area (Å²) in [6.45, 7) is 1.85. The number of aliphatic hydroxyl groups excluding tert-OH is 1. The summed E-state index contributed by atoms with van der Waals surface area (Å²) in [5.74, 6) is -2.52. The van der Waals surface area contributed by atoms with E-state index in [9.17, 15) is 33.2 Å². The average molecular weight is 630 g/mol. The molecule has 0 unspecified atom stereocenters. The van der Waals surface area contributed by atoms with Gasteiger partial charge in [-0.25, -0.2) is 13.4 Å². The summed E-state index contributed by atoms with van der Waals surface area (Å²) in [4.78, 5) is 42.0. The Kier molecular flexibility index (Phi) is 7.43. The largest absolute Gasteiger partial charge is 0.507 e. The number of anilines is 1. The van der Waals surface area contributed by atoms with Crippen molar-refractivity contribution in [2.45, 2.75) is 22.1 Å². The molecule has 1 saturated heterocycles. The van der Waals surface area contributed by atoms with E-state index in [0.29, 0.717) is 16.4 Å². The molecule has 0 radical (unpaired) electrons. The lowest BCUT2D eigenvalue weighted by Gasteiger charge is -2.24. The zero-order valence-corrected chi connectivity index (χ0v) is 24.0. The molecule has 3 aromatic carbocycles. The van der Waals surface area contributed by atoms with E-state index < -0.39 is 38.3 Å². The maximum Gasteiger partial charge on any atom is 0.301 e. The van der Waals surface area contributed by atoms with E-state index in [-0.39, 0.29) is 41.6 Å². The van der Waals surface area contributed by atoms with Crippen LogP contribution in [0.4, 0.5) is 10.8 Å². The minimum Gasteiger partial charge on any atom is -0.507 e. The van der Waals surface area contributed by atoms with E-state index in [1.54, 1.807) is 24.3 Å². The summed E-state index contributed by atoms with van der Waals surface area (Å²) in [6, 6.07) is 14.1. The number of benzene rings is 3. The van der Waals surface area contributed by atoms with Gasteiger partial charge in [-0.3, -0.25) is 24.6 Å². The van der Waals surface area contributed by atoms with Crippen LogP contribution in [0.2, 0.25) is 10.0 Å². The van der Waals surface area contributed by atoms with Gasteiger partial charge in [-0.2, -0.15) is 0 Å². The van der Waals surface area contributed by atoms with E-state index in [1.807, 2.05) is 6.92 Å². The number of hydrogen-bond donors (Lipinski definition) is 1. The molecule has 1 fully saturated rings. The molecule has 4 aromatic rings. The van der Waals surface area contributed by atoms with E-state index in [2.05, 4.69) is 4.98 Å². The number of hydrogen-bond acceptors (Lipinski definition) is 9. The first-order valence-electron chi connectivity index (χ1n) is 11.7. The molecule has 1 atom stereocenters. The normalized spacial score (nSPS) is 16.8. The number of carbonyl (C=O) groups excluding carboxylic acids is 2. The molecule has 41 heavy (non-hydrogen) atoms. The Hall–Kier alpha value is -4.10. The summed E-state index contributed by atoms with van der Waals surface area (Å²) >= 11 is 13.2. The number of halogens is 2. The number of thiazole rings is 1. The molecule has 1 N–H and O–H groups in total. The number of sulfone groups is 1. The quantitative estimate of drug-likeness (QED) is 0.0880. The van der Waals surface area contributed by atoms with Gasteiger partial charge in [0.15, 0.2) is 5.13 Å². The van der Waals surface area contributed by atoms with Gasteiger partial charge in [0, 0.05) is 27.7 Å². The highest BCUT2D eigenvalue weighted by Crippen LogP contribution is 2.46. The number of aryl methyl sites for hydroxylation is 1. The monoisotopic (exact) mass is 629 g/mol. The highest BCUT2D eigenvalue weighted by atomic mass is 35.5. The molecule has 0 saturated carbocycles. The summed E-state index contributed by atoms with van der Waals surface area (Å²) in [6.07, 6.45) is 1.02. The van der Waals surface area contributed by atoms with Crippen molar-refractivity contribution in [3.05, 3.63) is 115 Å². The van der Waals surface area contributed by atoms with E-state index in [1.165, 1.54) is 18.2 Å².